The molecular formula is C34H36FN2O2. The van der Waals surface area contributed by atoms with Crippen molar-refractivity contribution in [2.45, 2.75) is 75.0 Å². The van der Waals surface area contributed by atoms with Crippen LogP contribution in [0.1, 0.15) is 47.9 Å². The monoisotopic (exact) mass is 523 g/mol. The Bertz CT molecular complexity index is 1350. The summed E-state index contributed by atoms with van der Waals surface area (Å²) in [5, 5.41) is 3.80. The van der Waals surface area contributed by atoms with E-state index in [1.807, 2.05) is 24.3 Å². The van der Waals surface area contributed by atoms with Crippen LogP contribution < -0.4 is 14.8 Å². The van der Waals surface area contributed by atoms with Crippen LogP contribution in [0, 0.1) is 11.8 Å². The molecule has 0 aromatic heterocycles. The molecule has 39 heavy (non-hydrogen) atoms. The van der Waals surface area contributed by atoms with E-state index in [-0.39, 0.29) is 12.1 Å². The van der Waals surface area contributed by atoms with Crippen LogP contribution in [0.15, 0.2) is 72.8 Å². The first-order valence-electron chi connectivity index (χ1n) is 14.7. The number of hydrogen-bond acceptors (Lipinski definition) is 4. The van der Waals surface area contributed by atoms with Gasteiger partial charge in [-0.25, -0.2) is 4.39 Å². The smallest absolute Gasteiger partial charge is 0.166 e. The Kier molecular flexibility index (Phi) is 5.74. The summed E-state index contributed by atoms with van der Waals surface area (Å²) < 4.78 is 30.3. The molecule has 2 aliphatic heterocycles. The first kappa shape index (κ1) is 24.0. The Labute approximate surface area is 230 Å². The third kappa shape index (κ3) is 3.84. The molecule has 3 fully saturated rings. The largest absolute Gasteiger partial charge is 0.485 e. The van der Waals surface area contributed by atoms with Crippen molar-refractivity contribution in [1.29, 1.82) is 0 Å². The average Bonchev–Trinajstić information content (AvgIpc) is 3.72. The lowest BCUT2D eigenvalue weighted by molar-refractivity contribution is -0.0437. The molecule has 1 saturated heterocycles. The first-order valence-corrected chi connectivity index (χ1v) is 14.7. The number of likely N-dealkylation sites (tertiary alicyclic amines) is 1. The second kappa shape index (κ2) is 9.35. The number of piperidine rings is 1. The third-order valence-corrected chi connectivity index (χ3v) is 9.92. The minimum Gasteiger partial charge on any atom is -0.485 e. The lowest BCUT2D eigenvalue weighted by atomic mass is 9.50. The van der Waals surface area contributed by atoms with Gasteiger partial charge in [0.05, 0.1) is 5.41 Å². The van der Waals surface area contributed by atoms with E-state index in [0.717, 1.165) is 60.9 Å². The summed E-state index contributed by atoms with van der Waals surface area (Å²) in [7, 11) is 0. The molecule has 1 radical (unpaired) electrons. The van der Waals surface area contributed by atoms with Gasteiger partial charge in [-0.1, -0.05) is 66.7 Å². The van der Waals surface area contributed by atoms with Crippen molar-refractivity contribution in [2.75, 3.05) is 13.1 Å². The Morgan fingerprint density at radius 3 is 2.49 bits per heavy atom. The van der Waals surface area contributed by atoms with E-state index in [9.17, 15) is 0 Å². The van der Waals surface area contributed by atoms with Gasteiger partial charge in [-0.15, -0.1) is 0 Å². The summed E-state index contributed by atoms with van der Waals surface area (Å²) in [6.07, 6.45) is 4.21. The SMILES string of the molecule is F[C@@H]1CN(CC2CC2)[C@@H]2Cc3ccc(OCc4ccccc4)c4c3[C@]13[C]2CC[C@@H](NCc1ccccc1)[C@@H]3O4. The fourth-order valence-electron chi connectivity index (χ4n) is 7.99. The summed E-state index contributed by atoms with van der Waals surface area (Å²) in [5.41, 5.74) is 4.01. The van der Waals surface area contributed by atoms with Gasteiger partial charge in [0.15, 0.2) is 11.5 Å². The first-order chi connectivity index (χ1) is 19.2. The van der Waals surface area contributed by atoms with Crippen molar-refractivity contribution >= 4 is 0 Å². The molecule has 5 atom stereocenters. The highest BCUT2D eigenvalue weighted by atomic mass is 19.1. The number of halogens is 1. The minimum absolute atomic E-state index is 0.0724. The summed E-state index contributed by atoms with van der Waals surface area (Å²) in [4.78, 5) is 2.48. The molecule has 2 bridgehead atoms. The second-order valence-electron chi connectivity index (χ2n) is 12.2. The van der Waals surface area contributed by atoms with Crippen molar-refractivity contribution < 1.29 is 13.9 Å². The zero-order chi connectivity index (χ0) is 26.0. The van der Waals surface area contributed by atoms with Gasteiger partial charge < -0.3 is 14.8 Å². The van der Waals surface area contributed by atoms with Gasteiger partial charge in [0.2, 0.25) is 0 Å². The molecule has 3 aromatic carbocycles. The van der Waals surface area contributed by atoms with Crippen LogP contribution in [0.2, 0.25) is 0 Å². The molecule has 5 heteroatoms. The van der Waals surface area contributed by atoms with Crippen molar-refractivity contribution in [3.05, 3.63) is 101 Å². The zero-order valence-electron chi connectivity index (χ0n) is 22.3. The summed E-state index contributed by atoms with van der Waals surface area (Å²) in [6, 6.07) is 25.4. The Morgan fingerprint density at radius 2 is 1.72 bits per heavy atom. The molecule has 3 aromatic rings. The van der Waals surface area contributed by atoms with Crippen molar-refractivity contribution in [3.8, 4) is 11.5 Å². The predicted molar refractivity (Wildman–Crippen MR) is 150 cm³/mol. The molecule has 3 aliphatic carbocycles. The molecule has 0 unspecified atom stereocenters. The molecule has 0 amide bonds. The molecular weight excluding hydrogens is 487 g/mol. The minimum atomic E-state index is -0.988. The predicted octanol–water partition coefficient (Wildman–Crippen LogP) is 5.78. The van der Waals surface area contributed by atoms with Crippen LogP contribution in [0.3, 0.4) is 0 Å². The lowest BCUT2D eigenvalue weighted by Crippen LogP contribution is -2.72. The summed E-state index contributed by atoms with van der Waals surface area (Å²) in [5.74, 6) is 3.66. The Balaban J connectivity index is 1.17. The molecule has 1 spiro atoms. The van der Waals surface area contributed by atoms with Crippen LogP contribution in [0.5, 0.6) is 11.5 Å². The topological polar surface area (TPSA) is 33.7 Å². The number of nitrogens with zero attached hydrogens (tertiary/aromatic N) is 1. The Hall–Kier alpha value is -2.89. The van der Waals surface area contributed by atoms with Crippen LogP contribution in [-0.2, 0) is 25.0 Å². The summed E-state index contributed by atoms with van der Waals surface area (Å²) >= 11 is 0. The lowest BCUT2D eigenvalue weighted by Gasteiger charge is -2.60. The fraction of sp³-hybridized carbons (Fsp3) is 0.441. The number of rotatable bonds is 8. The van der Waals surface area contributed by atoms with Crippen molar-refractivity contribution in [3.63, 3.8) is 0 Å². The van der Waals surface area contributed by atoms with Gasteiger partial charge in [-0.3, -0.25) is 4.90 Å². The average molecular weight is 524 g/mol. The number of alkyl halides is 1. The normalized spacial score (nSPS) is 31.0. The Morgan fingerprint density at radius 1 is 0.949 bits per heavy atom. The fourth-order valence-corrected chi connectivity index (χ4v) is 7.99. The van der Waals surface area contributed by atoms with Gasteiger partial charge in [-0.05, 0) is 60.8 Å². The maximum atomic E-state index is 17.0. The van der Waals surface area contributed by atoms with Crippen LogP contribution >= 0.6 is 0 Å². The van der Waals surface area contributed by atoms with E-state index >= 15 is 4.39 Å². The summed E-state index contributed by atoms with van der Waals surface area (Å²) in [6.45, 7) is 2.76. The second-order valence-corrected chi connectivity index (χ2v) is 12.2. The maximum Gasteiger partial charge on any atom is 0.166 e. The highest BCUT2D eigenvalue weighted by Gasteiger charge is 2.70. The maximum absolute atomic E-state index is 17.0. The van der Waals surface area contributed by atoms with Crippen LogP contribution in [-0.4, -0.2) is 42.3 Å². The van der Waals surface area contributed by atoms with Gasteiger partial charge >= 0.3 is 0 Å². The molecule has 2 heterocycles. The number of hydrogen-bond donors (Lipinski definition) is 1. The molecule has 8 rings (SSSR count). The molecule has 2 saturated carbocycles. The van der Waals surface area contributed by atoms with Crippen molar-refractivity contribution in [1.82, 2.24) is 10.2 Å². The van der Waals surface area contributed by atoms with Gasteiger partial charge in [-0.2, -0.15) is 0 Å². The van der Waals surface area contributed by atoms with E-state index in [1.165, 1.54) is 29.9 Å². The third-order valence-electron chi connectivity index (χ3n) is 9.92. The number of nitrogens with one attached hydrogen (secondary N) is 1. The van der Waals surface area contributed by atoms with Crippen molar-refractivity contribution in [2.24, 2.45) is 5.92 Å². The van der Waals surface area contributed by atoms with E-state index in [1.54, 1.807) is 0 Å². The molecule has 201 valence electrons. The molecule has 5 aliphatic rings. The van der Waals surface area contributed by atoms with Crippen LogP contribution in [0.4, 0.5) is 4.39 Å². The van der Waals surface area contributed by atoms with E-state index in [0.29, 0.717) is 19.2 Å². The van der Waals surface area contributed by atoms with Gasteiger partial charge in [0, 0.05) is 43.2 Å². The zero-order valence-corrected chi connectivity index (χ0v) is 22.3. The highest BCUT2D eigenvalue weighted by molar-refractivity contribution is 5.65. The van der Waals surface area contributed by atoms with E-state index < -0.39 is 11.6 Å². The quantitative estimate of drug-likeness (QED) is 0.406. The van der Waals surface area contributed by atoms with Gasteiger partial charge in [0.1, 0.15) is 18.9 Å². The van der Waals surface area contributed by atoms with E-state index in [4.69, 9.17) is 9.47 Å². The highest BCUT2D eigenvalue weighted by Crippen LogP contribution is 2.65. The number of benzene rings is 3. The molecule has 1 N–H and O–H groups in total. The molecule has 4 nitrogen and oxygen atoms in total. The standard InChI is InChI=1S/C34H36FN2O2/c35-30-20-37(19-23-11-12-23)28-17-25-13-16-29(38-21-24-9-5-2-6-10-24)32-31(25)34(30)26(28)14-15-27(33(34)39-32)36-18-22-7-3-1-4-8-22/h1-10,13,16,23,27-28,30,33,36H,11-12,14-15,17-21H2/t27-,28-,30-,33+,34+/m1/s1. The van der Waals surface area contributed by atoms with Gasteiger partial charge in [0.25, 0.3) is 0 Å². The number of ether oxygens (including phenoxy) is 2. The van der Waals surface area contributed by atoms with E-state index in [2.05, 4.69) is 58.7 Å². The van der Waals surface area contributed by atoms with Crippen LogP contribution in [0.25, 0.3) is 0 Å².